The van der Waals surface area contributed by atoms with Gasteiger partial charge in [0, 0.05) is 19.2 Å². The third-order valence-corrected chi connectivity index (χ3v) is 5.78. The maximum Gasteiger partial charge on any atom is 0.266 e. The second-order valence-electron chi connectivity index (χ2n) is 6.45. The highest BCUT2D eigenvalue weighted by atomic mass is 32.1. The number of thiophene rings is 1. The summed E-state index contributed by atoms with van der Waals surface area (Å²) in [6, 6.07) is 5.41. The van der Waals surface area contributed by atoms with Crippen LogP contribution < -0.4 is 15.8 Å². The van der Waals surface area contributed by atoms with Crippen molar-refractivity contribution in [1.29, 1.82) is 0 Å². The van der Waals surface area contributed by atoms with Crippen LogP contribution in [0.25, 0.3) is 15.9 Å². The fourth-order valence-corrected chi connectivity index (χ4v) is 4.04. The molecule has 0 aliphatic carbocycles. The van der Waals surface area contributed by atoms with E-state index >= 15 is 0 Å². The molecule has 26 heavy (non-hydrogen) atoms. The molecule has 0 radical (unpaired) electrons. The molecule has 0 spiro atoms. The van der Waals surface area contributed by atoms with Crippen molar-refractivity contribution in [2.45, 2.75) is 27.2 Å². The van der Waals surface area contributed by atoms with Crippen molar-refractivity contribution >= 4 is 33.1 Å². The molecular weight excluding hydrogens is 348 g/mol. The maximum absolute atomic E-state index is 12.7. The van der Waals surface area contributed by atoms with Crippen LogP contribution in [-0.4, -0.2) is 41.5 Å². The Labute approximate surface area is 156 Å². The van der Waals surface area contributed by atoms with Crippen LogP contribution >= 0.6 is 11.3 Å². The Morgan fingerprint density at radius 2 is 2.12 bits per heavy atom. The third kappa shape index (κ3) is 3.64. The number of carbonyl (C=O) groups excluding carboxylic acids is 1. The third-order valence-electron chi connectivity index (χ3n) is 4.75. The first-order valence-corrected chi connectivity index (χ1v) is 9.90. The van der Waals surface area contributed by atoms with Crippen molar-refractivity contribution in [3.05, 3.63) is 45.2 Å². The second kappa shape index (κ2) is 7.97. The van der Waals surface area contributed by atoms with Crippen LogP contribution in [0.4, 0.5) is 0 Å². The standard InChI is InChI=1S/C19H24N4O2S/c1-4-22(5-2)10-7-9-20-17(24)15-12-14-18(26-15)21-16-13(3)8-6-11-23(16)19(14)25/h6,8,11-12H,4-5,7,9-10H2,1-3H3,(H,20,24)/p+1. The van der Waals surface area contributed by atoms with E-state index in [9.17, 15) is 9.59 Å². The lowest BCUT2D eigenvalue weighted by molar-refractivity contribution is -0.896. The lowest BCUT2D eigenvalue weighted by atomic mass is 10.3. The minimum absolute atomic E-state index is 0.130. The van der Waals surface area contributed by atoms with Crippen molar-refractivity contribution in [2.75, 3.05) is 26.2 Å². The Bertz CT molecular complexity index is 988. The van der Waals surface area contributed by atoms with E-state index < -0.39 is 0 Å². The van der Waals surface area contributed by atoms with Gasteiger partial charge in [0.2, 0.25) is 0 Å². The molecule has 0 aliphatic heterocycles. The van der Waals surface area contributed by atoms with E-state index in [0.717, 1.165) is 31.6 Å². The number of hydrogen-bond acceptors (Lipinski definition) is 4. The number of nitrogens with zero attached hydrogens (tertiary/aromatic N) is 2. The average molecular weight is 374 g/mol. The van der Waals surface area contributed by atoms with E-state index in [1.54, 1.807) is 16.7 Å². The minimum atomic E-state index is -0.132. The summed E-state index contributed by atoms with van der Waals surface area (Å²) in [5.74, 6) is -0.132. The molecule has 6 nitrogen and oxygen atoms in total. The first kappa shape index (κ1) is 18.5. The van der Waals surface area contributed by atoms with Crippen molar-refractivity contribution < 1.29 is 9.69 Å². The van der Waals surface area contributed by atoms with Crippen LogP contribution in [0, 0.1) is 6.92 Å². The molecule has 0 atom stereocenters. The number of aryl methyl sites for hydroxylation is 1. The number of aromatic nitrogens is 2. The van der Waals surface area contributed by atoms with Gasteiger partial charge in [-0.25, -0.2) is 4.98 Å². The number of quaternary nitrogens is 1. The van der Waals surface area contributed by atoms with Gasteiger partial charge in [-0.1, -0.05) is 6.07 Å². The van der Waals surface area contributed by atoms with Crippen LogP contribution in [0.2, 0.25) is 0 Å². The van der Waals surface area contributed by atoms with Crippen molar-refractivity contribution in [3.63, 3.8) is 0 Å². The SMILES string of the molecule is CC[NH+](CC)CCCNC(=O)c1cc2c(=O)n3cccc(C)c3nc2s1. The smallest absolute Gasteiger partial charge is 0.266 e. The Balaban J connectivity index is 1.77. The van der Waals surface area contributed by atoms with E-state index in [2.05, 4.69) is 24.1 Å². The summed E-state index contributed by atoms with van der Waals surface area (Å²) in [7, 11) is 0. The zero-order valence-electron chi connectivity index (χ0n) is 15.5. The average Bonchev–Trinajstić information content (AvgIpc) is 3.07. The highest BCUT2D eigenvalue weighted by Gasteiger charge is 2.15. The van der Waals surface area contributed by atoms with Gasteiger partial charge in [0.05, 0.1) is 29.9 Å². The van der Waals surface area contributed by atoms with Crippen LogP contribution in [0.5, 0.6) is 0 Å². The number of pyridine rings is 1. The zero-order chi connectivity index (χ0) is 18.7. The highest BCUT2D eigenvalue weighted by Crippen LogP contribution is 2.22. The van der Waals surface area contributed by atoms with Crippen LogP contribution in [0.15, 0.2) is 29.2 Å². The van der Waals surface area contributed by atoms with Gasteiger partial charge in [0.25, 0.3) is 11.5 Å². The molecule has 0 saturated carbocycles. The molecule has 0 unspecified atom stereocenters. The first-order valence-electron chi connectivity index (χ1n) is 9.08. The molecule has 3 aromatic heterocycles. The molecule has 0 saturated heterocycles. The van der Waals surface area contributed by atoms with Gasteiger partial charge >= 0.3 is 0 Å². The predicted molar refractivity (Wildman–Crippen MR) is 105 cm³/mol. The number of carbonyl (C=O) groups is 1. The summed E-state index contributed by atoms with van der Waals surface area (Å²) in [4.78, 5) is 32.4. The molecule has 2 N–H and O–H groups in total. The maximum atomic E-state index is 12.7. The van der Waals surface area contributed by atoms with Crippen LogP contribution in [0.1, 0.15) is 35.5 Å². The van der Waals surface area contributed by atoms with Crippen molar-refractivity contribution in [3.8, 4) is 0 Å². The minimum Gasteiger partial charge on any atom is -0.351 e. The number of rotatable bonds is 7. The summed E-state index contributed by atoms with van der Waals surface area (Å²) in [6.07, 6.45) is 2.65. The van der Waals surface area contributed by atoms with Crippen molar-refractivity contribution in [2.24, 2.45) is 0 Å². The number of fused-ring (bicyclic) bond motifs is 2. The predicted octanol–water partition coefficient (Wildman–Crippen LogP) is 1.26. The normalized spacial score (nSPS) is 11.5. The fraction of sp³-hybridized carbons (Fsp3) is 0.421. The van der Waals surface area contributed by atoms with Crippen molar-refractivity contribution in [1.82, 2.24) is 14.7 Å². The Morgan fingerprint density at radius 1 is 1.35 bits per heavy atom. The fourth-order valence-electron chi connectivity index (χ4n) is 3.10. The van der Waals surface area contributed by atoms with E-state index in [-0.39, 0.29) is 11.5 Å². The number of hydrogen-bond donors (Lipinski definition) is 2. The van der Waals surface area contributed by atoms with E-state index in [1.807, 2.05) is 19.1 Å². The summed E-state index contributed by atoms with van der Waals surface area (Å²) >= 11 is 1.27. The molecule has 1 amide bonds. The largest absolute Gasteiger partial charge is 0.351 e. The van der Waals surface area contributed by atoms with E-state index in [0.29, 0.717) is 27.3 Å². The van der Waals surface area contributed by atoms with Gasteiger partial charge < -0.3 is 10.2 Å². The number of amides is 1. The van der Waals surface area contributed by atoms with Gasteiger partial charge in [-0.3, -0.25) is 14.0 Å². The molecule has 0 aromatic carbocycles. The number of nitrogens with one attached hydrogen (secondary N) is 2. The van der Waals surface area contributed by atoms with Crippen LogP contribution in [0.3, 0.4) is 0 Å². The van der Waals surface area contributed by atoms with Gasteiger partial charge in [-0.05, 0) is 38.5 Å². The molecular formula is C19H25N4O2S+. The molecule has 0 bridgehead atoms. The summed E-state index contributed by atoms with van der Waals surface area (Å²) < 4.78 is 1.54. The highest BCUT2D eigenvalue weighted by molar-refractivity contribution is 7.20. The van der Waals surface area contributed by atoms with E-state index in [4.69, 9.17) is 0 Å². The second-order valence-corrected chi connectivity index (χ2v) is 7.48. The Hall–Kier alpha value is -2.25. The van der Waals surface area contributed by atoms with E-state index in [1.165, 1.54) is 16.2 Å². The summed E-state index contributed by atoms with van der Waals surface area (Å²) in [6.45, 7) is 10.2. The molecule has 7 heteroatoms. The molecule has 3 heterocycles. The summed E-state index contributed by atoms with van der Waals surface area (Å²) in [5, 5.41) is 3.45. The van der Waals surface area contributed by atoms with Gasteiger partial charge in [0.1, 0.15) is 10.5 Å². The Kier molecular flexibility index (Phi) is 5.68. The summed E-state index contributed by atoms with van der Waals surface area (Å²) in [5.41, 5.74) is 1.44. The van der Waals surface area contributed by atoms with Gasteiger partial charge in [-0.2, -0.15) is 0 Å². The first-order chi connectivity index (χ1) is 12.5. The van der Waals surface area contributed by atoms with Gasteiger partial charge in [-0.15, -0.1) is 11.3 Å². The van der Waals surface area contributed by atoms with Crippen LogP contribution in [-0.2, 0) is 0 Å². The molecule has 3 rings (SSSR count). The molecule has 3 aromatic rings. The lowest BCUT2D eigenvalue weighted by Crippen LogP contribution is -3.11. The zero-order valence-corrected chi connectivity index (χ0v) is 16.3. The Morgan fingerprint density at radius 3 is 2.85 bits per heavy atom. The lowest BCUT2D eigenvalue weighted by Gasteiger charge is -2.14. The molecule has 0 aliphatic rings. The van der Waals surface area contributed by atoms with Gasteiger partial charge in [0.15, 0.2) is 0 Å². The topological polar surface area (TPSA) is 67.9 Å². The molecule has 0 fully saturated rings. The quantitative estimate of drug-likeness (QED) is 0.613. The monoisotopic (exact) mass is 373 g/mol. The molecule has 138 valence electrons.